The van der Waals surface area contributed by atoms with E-state index in [9.17, 15) is 18.0 Å². The number of ether oxygens (including phenoxy) is 1. The van der Waals surface area contributed by atoms with Crippen LogP contribution in [0.15, 0.2) is 48.2 Å². The third-order valence-electron chi connectivity index (χ3n) is 5.74. The Morgan fingerprint density at radius 1 is 1.17 bits per heavy atom. The van der Waals surface area contributed by atoms with Crippen molar-refractivity contribution in [1.82, 2.24) is 4.90 Å². The average Bonchev–Trinajstić information content (AvgIpc) is 2.72. The highest BCUT2D eigenvalue weighted by Gasteiger charge is 2.37. The molecule has 1 saturated carbocycles. The van der Waals surface area contributed by atoms with Gasteiger partial charge >= 0.3 is 6.18 Å². The lowest BCUT2D eigenvalue weighted by Crippen LogP contribution is -2.37. The van der Waals surface area contributed by atoms with E-state index in [0.29, 0.717) is 25.5 Å². The highest BCUT2D eigenvalue weighted by Crippen LogP contribution is 2.35. The summed E-state index contributed by atoms with van der Waals surface area (Å²) in [4.78, 5) is 15.0. The van der Waals surface area contributed by atoms with Crippen molar-refractivity contribution in [1.29, 1.82) is 0 Å². The molecule has 2 aliphatic rings. The van der Waals surface area contributed by atoms with Crippen LogP contribution in [-0.4, -0.2) is 31.1 Å². The average molecular weight is 407 g/mol. The first-order chi connectivity index (χ1) is 13.9. The zero-order valence-electron chi connectivity index (χ0n) is 16.8. The summed E-state index contributed by atoms with van der Waals surface area (Å²) in [6.45, 7) is 0.975. The maximum Gasteiger partial charge on any atom is 0.417 e. The van der Waals surface area contributed by atoms with Crippen LogP contribution in [0.4, 0.5) is 13.2 Å². The molecule has 0 heterocycles. The van der Waals surface area contributed by atoms with Gasteiger partial charge in [-0.25, -0.2) is 0 Å². The minimum atomic E-state index is -4.57. The van der Waals surface area contributed by atoms with Crippen molar-refractivity contribution >= 4 is 5.91 Å². The van der Waals surface area contributed by atoms with Crippen LogP contribution in [0.1, 0.15) is 54.4 Å². The van der Waals surface area contributed by atoms with Crippen molar-refractivity contribution in [2.24, 2.45) is 11.8 Å². The molecule has 1 aromatic carbocycles. The predicted octanol–water partition coefficient (Wildman–Crippen LogP) is 5.83. The Balaban J connectivity index is 1.92. The van der Waals surface area contributed by atoms with E-state index < -0.39 is 17.6 Å². The largest absolute Gasteiger partial charge is 0.417 e. The number of hydrogen-bond acceptors (Lipinski definition) is 2. The summed E-state index contributed by atoms with van der Waals surface area (Å²) in [6, 6.07) is 5.08. The summed E-state index contributed by atoms with van der Waals surface area (Å²) in [5, 5.41) is 0. The number of benzene rings is 1. The monoisotopic (exact) mass is 407 g/mol. The first-order valence-electron chi connectivity index (χ1n) is 10.2. The van der Waals surface area contributed by atoms with E-state index in [1.807, 2.05) is 18.2 Å². The molecule has 0 bridgehead atoms. The Labute approximate surface area is 170 Å². The van der Waals surface area contributed by atoms with Gasteiger partial charge in [-0.2, -0.15) is 13.2 Å². The Hall–Kier alpha value is -2.08. The van der Waals surface area contributed by atoms with Crippen LogP contribution in [0.2, 0.25) is 0 Å². The molecule has 158 valence electrons. The molecule has 1 unspecified atom stereocenters. The molecule has 29 heavy (non-hydrogen) atoms. The fourth-order valence-corrected chi connectivity index (χ4v) is 4.28. The smallest absolute Gasteiger partial charge is 0.384 e. The molecule has 0 N–H and O–H groups in total. The van der Waals surface area contributed by atoms with Crippen molar-refractivity contribution in [3.8, 4) is 0 Å². The summed E-state index contributed by atoms with van der Waals surface area (Å²) in [7, 11) is 1.62. The Morgan fingerprint density at radius 2 is 1.90 bits per heavy atom. The molecule has 0 aromatic heterocycles. The maximum absolute atomic E-state index is 13.5. The van der Waals surface area contributed by atoms with Crippen LogP contribution in [0, 0.1) is 11.8 Å². The number of allylic oxidation sites excluding steroid dienone is 3. The van der Waals surface area contributed by atoms with Gasteiger partial charge in [-0.3, -0.25) is 4.79 Å². The fraction of sp³-hybridized carbons (Fsp3) is 0.522. The molecule has 0 saturated heterocycles. The topological polar surface area (TPSA) is 29.5 Å². The molecular weight excluding hydrogens is 379 g/mol. The van der Waals surface area contributed by atoms with Crippen LogP contribution in [0.25, 0.3) is 0 Å². The molecule has 2 aliphatic carbocycles. The zero-order chi connectivity index (χ0) is 20.9. The molecule has 0 aliphatic heterocycles. The van der Waals surface area contributed by atoms with E-state index in [1.54, 1.807) is 12.0 Å². The second-order valence-electron chi connectivity index (χ2n) is 7.93. The van der Waals surface area contributed by atoms with Crippen molar-refractivity contribution < 1.29 is 22.7 Å². The fourth-order valence-electron chi connectivity index (χ4n) is 4.28. The zero-order valence-corrected chi connectivity index (χ0v) is 16.8. The molecule has 0 radical (unpaired) electrons. The molecule has 3 rings (SSSR count). The summed E-state index contributed by atoms with van der Waals surface area (Å²) in [6.07, 6.45) is 7.17. The second-order valence-corrected chi connectivity index (χ2v) is 7.93. The van der Waals surface area contributed by atoms with Crippen LogP contribution >= 0.6 is 0 Å². The normalized spacial score (nSPS) is 20.4. The number of methoxy groups -OCH3 is 1. The van der Waals surface area contributed by atoms with Crippen LogP contribution in [0.5, 0.6) is 0 Å². The summed E-state index contributed by atoms with van der Waals surface area (Å²) < 4.78 is 45.8. The third-order valence-corrected chi connectivity index (χ3v) is 5.74. The van der Waals surface area contributed by atoms with E-state index in [-0.39, 0.29) is 11.5 Å². The second kappa shape index (κ2) is 9.61. The molecule has 6 heteroatoms. The number of amides is 1. The van der Waals surface area contributed by atoms with E-state index in [2.05, 4.69) is 0 Å². The highest BCUT2D eigenvalue weighted by molar-refractivity contribution is 5.97. The van der Waals surface area contributed by atoms with E-state index >= 15 is 0 Å². The molecule has 1 aromatic rings. The number of hydrogen-bond donors (Lipinski definition) is 0. The summed E-state index contributed by atoms with van der Waals surface area (Å²) in [5.41, 5.74) is -0.393. The van der Waals surface area contributed by atoms with Crippen molar-refractivity contribution in [2.45, 2.75) is 44.7 Å². The first-order valence-corrected chi connectivity index (χ1v) is 10.2. The lowest BCUT2D eigenvalue weighted by atomic mass is 9.88. The lowest BCUT2D eigenvalue weighted by molar-refractivity contribution is -0.138. The van der Waals surface area contributed by atoms with Gasteiger partial charge in [-0.05, 0) is 43.4 Å². The Kier molecular flexibility index (Phi) is 7.17. The van der Waals surface area contributed by atoms with Gasteiger partial charge in [0.05, 0.1) is 17.7 Å². The van der Waals surface area contributed by atoms with Crippen LogP contribution in [0.3, 0.4) is 0 Å². The van der Waals surface area contributed by atoms with Gasteiger partial charge in [0.25, 0.3) is 5.91 Å². The number of carbonyl (C=O) groups is 1. The Morgan fingerprint density at radius 3 is 2.59 bits per heavy atom. The summed E-state index contributed by atoms with van der Waals surface area (Å²) >= 11 is 0. The van der Waals surface area contributed by atoms with E-state index in [4.69, 9.17) is 4.74 Å². The SMILES string of the molecule is COCC1C=CC=C(N(CC2CCCCC2)C(=O)c2ccccc2C(F)(F)F)C1. The molecule has 3 nitrogen and oxygen atoms in total. The minimum absolute atomic E-state index is 0.111. The van der Waals surface area contributed by atoms with E-state index in [0.717, 1.165) is 37.4 Å². The van der Waals surface area contributed by atoms with Crippen molar-refractivity contribution in [2.75, 3.05) is 20.3 Å². The van der Waals surface area contributed by atoms with Gasteiger partial charge in [-0.1, -0.05) is 43.5 Å². The molecule has 1 amide bonds. The van der Waals surface area contributed by atoms with Crippen LogP contribution in [-0.2, 0) is 10.9 Å². The van der Waals surface area contributed by atoms with Crippen molar-refractivity contribution in [3.63, 3.8) is 0 Å². The number of halogens is 3. The van der Waals surface area contributed by atoms with Gasteiger partial charge in [0.1, 0.15) is 0 Å². The number of carbonyl (C=O) groups excluding carboxylic acids is 1. The van der Waals surface area contributed by atoms with Gasteiger partial charge in [0.2, 0.25) is 0 Å². The van der Waals surface area contributed by atoms with Gasteiger partial charge in [-0.15, -0.1) is 0 Å². The van der Waals surface area contributed by atoms with Crippen LogP contribution < -0.4 is 0 Å². The number of rotatable bonds is 6. The van der Waals surface area contributed by atoms with Gasteiger partial charge in [0.15, 0.2) is 0 Å². The van der Waals surface area contributed by atoms with Crippen molar-refractivity contribution in [3.05, 3.63) is 59.3 Å². The molecule has 1 atom stereocenters. The predicted molar refractivity (Wildman–Crippen MR) is 106 cm³/mol. The molecular formula is C23H28F3NO2. The maximum atomic E-state index is 13.5. The number of nitrogens with zero attached hydrogens (tertiary/aromatic N) is 1. The first kappa shape index (κ1) is 21.6. The number of alkyl halides is 3. The Bertz CT molecular complexity index is 764. The minimum Gasteiger partial charge on any atom is -0.384 e. The third kappa shape index (κ3) is 5.50. The molecule has 1 fully saturated rings. The summed E-state index contributed by atoms with van der Waals surface area (Å²) in [5.74, 6) is -0.140. The standard InChI is InChI=1S/C23H28F3NO2/c1-29-16-18-10-7-11-19(14-18)27(15-17-8-3-2-4-9-17)22(28)20-12-5-6-13-21(20)23(24,25)26/h5-7,10-13,17-18H,2-4,8-9,14-16H2,1H3. The quantitative estimate of drug-likeness (QED) is 0.593. The van der Waals surface area contributed by atoms with E-state index in [1.165, 1.54) is 24.6 Å². The lowest BCUT2D eigenvalue weighted by Gasteiger charge is -2.34. The van der Waals surface area contributed by atoms with Gasteiger partial charge < -0.3 is 9.64 Å². The van der Waals surface area contributed by atoms with Gasteiger partial charge in [0, 0.05) is 25.3 Å². The highest BCUT2D eigenvalue weighted by atomic mass is 19.4. The molecule has 0 spiro atoms.